The lowest BCUT2D eigenvalue weighted by Crippen LogP contribution is -2.08. The Balaban J connectivity index is 2.27. The highest BCUT2D eigenvalue weighted by molar-refractivity contribution is 5.53. The number of rotatable bonds is 11. The molecule has 3 aromatic rings. The Labute approximate surface area is 195 Å². The van der Waals surface area contributed by atoms with Crippen molar-refractivity contribution in [2.75, 3.05) is 28.4 Å². The van der Waals surface area contributed by atoms with E-state index in [0.29, 0.717) is 22.3 Å². The van der Waals surface area contributed by atoms with Gasteiger partial charge in [0.05, 0.1) is 26.4 Å². The van der Waals surface area contributed by atoms with Crippen LogP contribution in [-0.2, 0) is 45.4 Å². The lowest BCUT2D eigenvalue weighted by Gasteiger charge is -2.23. The first kappa shape index (κ1) is 24.7. The van der Waals surface area contributed by atoms with Crippen molar-refractivity contribution in [2.24, 2.45) is 0 Å². The number of methoxy groups -OCH3 is 4. The van der Waals surface area contributed by atoms with Gasteiger partial charge in [0.2, 0.25) is 0 Å². The van der Waals surface area contributed by atoms with E-state index in [2.05, 4.69) is 12.1 Å². The van der Waals surface area contributed by atoms with Crippen LogP contribution in [0.3, 0.4) is 0 Å². The first-order valence-electron chi connectivity index (χ1n) is 10.7. The highest BCUT2D eigenvalue weighted by Crippen LogP contribution is 2.39. The number of aromatic hydroxyl groups is 2. The fourth-order valence-electron chi connectivity index (χ4n) is 4.19. The van der Waals surface area contributed by atoms with Gasteiger partial charge in [-0.25, -0.2) is 0 Å². The van der Waals surface area contributed by atoms with Crippen molar-refractivity contribution in [1.82, 2.24) is 0 Å². The van der Waals surface area contributed by atoms with Crippen LogP contribution in [0, 0.1) is 0 Å². The summed E-state index contributed by atoms with van der Waals surface area (Å²) < 4.78 is 21.4. The summed E-state index contributed by atoms with van der Waals surface area (Å²) in [4.78, 5) is 0. The Kier molecular flexibility index (Phi) is 8.86. The van der Waals surface area contributed by atoms with Crippen LogP contribution in [0.1, 0.15) is 44.9 Å². The maximum Gasteiger partial charge on any atom is 0.126 e. The molecule has 0 saturated heterocycles. The van der Waals surface area contributed by atoms with E-state index >= 15 is 0 Å². The van der Waals surface area contributed by atoms with Gasteiger partial charge in [0, 0.05) is 56.6 Å². The van der Waals surface area contributed by atoms with Crippen LogP contribution in [0.4, 0.5) is 0 Å². The van der Waals surface area contributed by atoms with Gasteiger partial charge in [-0.15, -0.1) is 0 Å². The highest BCUT2D eigenvalue weighted by Gasteiger charge is 2.23. The molecule has 176 valence electrons. The molecule has 0 aliphatic heterocycles. The Hall–Kier alpha value is -2.90. The van der Waals surface area contributed by atoms with Crippen molar-refractivity contribution < 1.29 is 29.2 Å². The van der Waals surface area contributed by atoms with Gasteiger partial charge in [-0.3, -0.25) is 0 Å². The zero-order valence-corrected chi connectivity index (χ0v) is 19.6. The maximum absolute atomic E-state index is 10.7. The summed E-state index contributed by atoms with van der Waals surface area (Å²) >= 11 is 0. The van der Waals surface area contributed by atoms with E-state index in [0.717, 1.165) is 16.7 Å². The van der Waals surface area contributed by atoms with Gasteiger partial charge in [0.15, 0.2) is 0 Å². The van der Waals surface area contributed by atoms with Crippen LogP contribution >= 0.6 is 0 Å². The van der Waals surface area contributed by atoms with Crippen molar-refractivity contribution in [3.63, 3.8) is 0 Å². The second kappa shape index (κ2) is 11.8. The number of ether oxygens (including phenoxy) is 4. The average molecular weight is 453 g/mol. The van der Waals surface area contributed by atoms with Crippen LogP contribution < -0.4 is 0 Å². The van der Waals surface area contributed by atoms with E-state index < -0.39 is 0 Å². The molecule has 0 amide bonds. The Morgan fingerprint density at radius 3 is 1.18 bits per heavy atom. The lowest BCUT2D eigenvalue weighted by atomic mass is 9.82. The average Bonchev–Trinajstić information content (AvgIpc) is 2.81. The lowest BCUT2D eigenvalue weighted by molar-refractivity contribution is 0.174. The maximum atomic E-state index is 10.7. The predicted octanol–water partition coefficient (Wildman–Crippen LogP) is 4.86. The fourth-order valence-corrected chi connectivity index (χ4v) is 4.19. The molecule has 0 saturated carbocycles. The third-order valence-corrected chi connectivity index (χ3v) is 5.58. The van der Waals surface area contributed by atoms with Crippen molar-refractivity contribution in [3.8, 4) is 11.5 Å². The van der Waals surface area contributed by atoms with E-state index in [1.54, 1.807) is 28.4 Å². The van der Waals surface area contributed by atoms with Gasteiger partial charge in [-0.2, -0.15) is 0 Å². The number of benzene rings is 3. The summed E-state index contributed by atoms with van der Waals surface area (Å²) in [5.74, 6) is 0.199. The molecule has 6 nitrogen and oxygen atoms in total. The smallest absolute Gasteiger partial charge is 0.126 e. The minimum Gasteiger partial charge on any atom is -0.507 e. The molecular formula is C27H32O6. The normalized spacial score (nSPS) is 11.3. The van der Waals surface area contributed by atoms with Gasteiger partial charge >= 0.3 is 0 Å². The van der Waals surface area contributed by atoms with Crippen molar-refractivity contribution >= 4 is 0 Å². The van der Waals surface area contributed by atoms with Crippen LogP contribution in [0.25, 0.3) is 0 Å². The minimum atomic E-state index is -0.162. The minimum absolute atomic E-state index is 0.162. The quantitative estimate of drug-likeness (QED) is 0.405. The molecule has 0 aliphatic rings. The second-order valence-corrected chi connectivity index (χ2v) is 7.95. The topological polar surface area (TPSA) is 77.4 Å². The summed E-state index contributed by atoms with van der Waals surface area (Å²) in [6, 6.07) is 18.0. The number of hydrogen-bond acceptors (Lipinski definition) is 6. The molecule has 33 heavy (non-hydrogen) atoms. The highest BCUT2D eigenvalue weighted by atomic mass is 16.5. The van der Waals surface area contributed by atoms with E-state index in [9.17, 15) is 10.2 Å². The first-order chi connectivity index (χ1) is 16.0. The molecule has 0 bridgehead atoms. The van der Waals surface area contributed by atoms with E-state index in [4.69, 9.17) is 18.9 Å². The fraction of sp³-hybridized carbons (Fsp3) is 0.333. The molecule has 6 heteroatoms. The van der Waals surface area contributed by atoms with E-state index in [-0.39, 0.29) is 43.8 Å². The first-order valence-corrected chi connectivity index (χ1v) is 10.7. The van der Waals surface area contributed by atoms with Crippen LogP contribution in [0.15, 0.2) is 54.6 Å². The van der Waals surface area contributed by atoms with Crippen LogP contribution in [0.5, 0.6) is 11.5 Å². The van der Waals surface area contributed by atoms with Gasteiger partial charge in [0.1, 0.15) is 11.5 Å². The van der Waals surface area contributed by atoms with Gasteiger partial charge in [-0.05, 0) is 41.0 Å². The van der Waals surface area contributed by atoms with E-state index in [1.165, 1.54) is 0 Å². The third-order valence-electron chi connectivity index (χ3n) is 5.58. The Bertz CT molecular complexity index is 928. The summed E-state index contributed by atoms with van der Waals surface area (Å²) in [6.45, 7) is 1.10. The van der Waals surface area contributed by atoms with Crippen molar-refractivity contribution in [3.05, 3.63) is 93.5 Å². The SMILES string of the molecule is COCc1cc(C(c2ccccc2)c2cc(COC)c(O)c(COC)c2)cc(COC)c1O. The molecule has 2 N–H and O–H groups in total. The molecule has 0 aromatic heterocycles. The molecule has 0 spiro atoms. The summed E-state index contributed by atoms with van der Waals surface area (Å²) in [5.41, 5.74) is 5.80. The largest absolute Gasteiger partial charge is 0.507 e. The molecule has 3 aromatic carbocycles. The van der Waals surface area contributed by atoms with Gasteiger partial charge in [-0.1, -0.05) is 30.3 Å². The zero-order valence-electron chi connectivity index (χ0n) is 19.6. The molecular weight excluding hydrogens is 420 g/mol. The molecule has 0 atom stereocenters. The van der Waals surface area contributed by atoms with Crippen LogP contribution in [0.2, 0.25) is 0 Å². The Morgan fingerprint density at radius 2 is 0.879 bits per heavy atom. The molecule has 0 aliphatic carbocycles. The number of phenolic OH excluding ortho intramolecular Hbond substituents is 2. The monoisotopic (exact) mass is 452 g/mol. The zero-order chi connectivity index (χ0) is 23.8. The molecule has 3 rings (SSSR count). The Morgan fingerprint density at radius 1 is 0.545 bits per heavy atom. The van der Waals surface area contributed by atoms with Crippen molar-refractivity contribution in [1.29, 1.82) is 0 Å². The molecule has 0 heterocycles. The predicted molar refractivity (Wildman–Crippen MR) is 126 cm³/mol. The third kappa shape index (κ3) is 5.72. The van der Waals surface area contributed by atoms with Gasteiger partial charge in [0.25, 0.3) is 0 Å². The van der Waals surface area contributed by atoms with Crippen LogP contribution in [-0.4, -0.2) is 38.7 Å². The molecule has 0 radical (unpaired) electrons. The van der Waals surface area contributed by atoms with Gasteiger partial charge < -0.3 is 29.2 Å². The summed E-state index contributed by atoms with van der Waals surface area (Å²) in [5, 5.41) is 21.5. The molecule has 0 unspecified atom stereocenters. The number of hydrogen-bond donors (Lipinski definition) is 2. The number of phenols is 2. The van der Waals surface area contributed by atoms with Crippen molar-refractivity contribution in [2.45, 2.75) is 32.3 Å². The van der Waals surface area contributed by atoms with E-state index in [1.807, 2.05) is 42.5 Å². The standard InChI is InChI=1S/C27H32O6/c1-30-14-21-10-19(11-22(15-31-2)26(21)28)25(18-8-6-5-7-9-18)20-12-23(16-32-3)27(29)24(13-20)17-33-4/h5-13,25,28-29H,14-17H2,1-4H3. The second-order valence-electron chi connectivity index (χ2n) is 7.95. The summed E-state index contributed by atoms with van der Waals surface area (Å²) in [6.07, 6.45) is 0. The molecule has 0 fully saturated rings. The summed E-state index contributed by atoms with van der Waals surface area (Å²) in [7, 11) is 6.41.